The Morgan fingerprint density at radius 3 is 2.72 bits per heavy atom. The molecule has 1 fully saturated rings. The Morgan fingerprint density at radius 2 is 2.04 bits per heavy atom. The normalized spacial score (nSPS) is 16.2. The Bertz CT molecular complexity index is 697. The molecule has 5 heteroatoms. The smallest absolute Gasteiger partial charge is 0.251 e. The van der Waals surface area contributed by atoms with Gasteiger partial charge in [-0.25, -0.2) is 0 Å². The summed E-state index contributed by atoms with van der Waals surface area (Å²) >= 11 is 0. The van der Waals surface area contributed by atoms with E-state index in [1.807, 2.05) is 61.6 Å². The number of amides is 1. The van der Waals surface area contributed by atoms with Crippen molar-refractivity contribution >= 4 is 11.6 Å². The summed E-state index contributed by atoms with van der Waals surface area (Å²) in [6.45, 7) is 1.49. The first-order chi connectivity index (χ1) is 12.1. The van der Waals surface area contributed by atoms with Gasteiger partial charge in [-0.1, -0.05) is 12.1 Å². The Hall–Kier alpha value is -2.40. The van der Waals surface area contributed by atoms with Crippen molar-refractivity contribution < 1.29 is 9.53 Å². The monoisotopic (exact) mass is 339 g/mol. The van der Waals surface area contributed by atoms with E-state index < -0.39 is 0 Å². The standard InChI is InChI=1S/C20H25N3O2/c1-23(2)18-7-3-5-16(13-18)20(24)22-19(15-8-11-25-12-9-15)17-6-4-10-21-14-17/h3-7,10,13-15,19H,8-9,11-12H2,1-2H3,(H,22,24). The largest absolute Gasteiger partial charge is 0.381 e. The van der Waals surface area contributed by atoms with Gasteiger partial charge in [0.2, 0.25) is 0 Å². The molecule has 1 aromatic heterocycles. The van der Waals surface area contributed by atoms with Crippen LogP contribution in [0.1, 0.15) is 34.8 Å². The van der Waals surface area contributed by atoms with Crippen LogP contribution < -0.4 is 10.2 Å². The summed E-state index contributed by atoms with van der Waals surface area (Å²) in [5, 5.41) is 3.23. The molecule has 1 amide bonds. The van der Waals surface area contributed by atoms with E-state index in [-0.39, 0.29) is 11.9 Å². The summed E-state index contributed by atoms with van der Waals surface area (Å²) in [6.07, 6.45) is 5.48. The molecule has 5 nitrogen and oxygen atoms in total. The molecule has 3 rings (SSSR count). The highest BCUT2D eigenvalue weighted by Crippen LogP contribution is 2.30. The van der Waals surface area contributed by atoms with Crippen LogP contribution in [0, 0.1) is 5.92 Å². The molecule has 1 aliphatic rings. The van der Waals surface area contributed by atoms with Crippen LogP contribution in [0.2, 0.25) is 0 Å². The first kappa shape index (κ1) is 17.4. The highest BCUT2D eigenvalue weighted by molar-refractivity contribution is 5.95. The molecule has 25 heavy (non-hydrogen) atoms. The predicted molar refractivity (Wildman–Crippen MR) is 98.8 cm³/mol. The van der Waals surface area contributed by atoms with Crippen molar-refractivity contribution in [1.29, 1.82) is 0 Å². The van der Waals surface area contributed by atoms with Crippen molar-refractivity contribution in [3.8, 4) is 0 Å². The van der Waals surface area contributed by atoms with E-state index in [1.165, 1.54) is 0 Å². The lowest BCUT2D eigenvalue weighted by Crippen LogP contribution is -2.36. The second-order valence-electron chi connectivity index (χ2n) is 6.63. The fourth-order valence-corrected chi connectivity index (χ4v) is 3.23. The minimum absolute atomic E-state index is 0.0480. The van der Waals surface area contributed by atoms with Crippen LogP contribution in [0.4, 0.5) is 5.69 Å². The van der Waals surface area contributed by atoms with Crippen LogP contribution in [0.25, 0.3) is 0 Å². The molecular formula is C20H25N3O2. The van der Waals surface area contributed by atoms with Crippen LogP contribution in [0.15, 0.2) is 48.8 Å². The van der Waals surface area contributed by atoms with Gasteiger partial charge < -0.3 is 15.0 Å². The molecule has 0 aliphatic carbocycles. The molecule has 1 aliphatic heterocycles. The summed E-state index contributed by atoms with van der Waals surface area (Å²) in [6, 6.07) is 11.6. The van der Waals surface area contributed by atoms with Gasteiger partial charge in [-0.05, 0) is 48.6 Å². The van der Waals surface area contributed by atoms with Crippen molar-refractivity contribution in [1.82, 2.24) is 10.3 Å². The Labute approximate surface area is 149 Å². The van der Waals surface area contributed by atoms with E-state index >= 15 is 0 Å². The number of ether oxygens (including phenoxy) is 1. The first-order valence-corrected chi connectivity index (χ1v) is 8.71. The molecule has 1 atom stereocenters. The second-order valence-corrected chi connectivity index (χ2v) is 6.63. The summed E-state index contributed by atoms with van der Waals surface area (Å²) in [5.74, 6) is 0.308. The van der Waals surface area contributed by atoms with Crippen molar-refractivity contribution in [3.63, 3.8) is 0 Å². The Kier molecular flexibility index (Phi) is 5.66. The number of aromatic nitrogens is 1. The SMILES string of the molecule is CN(C)c1cccc(C(=O)NC(c2cccnc2)C2CCOCC2)c1. The average Bonchev–Trinajstić information content (AvgIpc) is 2.67. The molecule has 1 saturated heterocycles. The molecule has 1 unspecified atom stereocenters. The third kappa shape index (κ3) is 4.37. The third-order valence-electron chi connectivity index (χ3n) is 4.69. The quantitative estimate of drug-likeness (QED) is 0.910. The summed E-state index contributed by atoms with van der Waals surface area (Å²) in [7, 11) is 3.94. The van der Waals surface area contributed by atoms with Crippen molar-refractivity contribution in [2.45, 2.75) is 18.9 Å². The molecule has 0 bridgehead atoms. The zero-order chi connectivity index (χ0) is 17.6. The van der Waals surface area contributed by atoms with Crippen LogP contribution in [0.5, 0.6) is 0 Å². The molecule has 1 aromatic carbocycles. The van der Waals surface area contributed by atoms with E-state index in [2.05, 4.69) is 10.3 Å². The van der Waals surface area contributed by atoms with E-state index in [4.69, 9.17) is 4.74 Å². The van der Waals surface area contributed by atoms with E-state index in [0.29, 0.717) is 11.5 Å². The van der Waals surface area contributed by atoms with Crippen LogP contribution in [-0.2, 0) is 4.74 Å². The lowest BCUT2D eigenvalue weighted by atomic mass is 9.87. The van der Waals surface area contributed by atoms with Gasteiger partial charge in [-0.15, -0.1) is 0 Å². The number of carbonyl (C=O) groups excluding carboxylic acids is 1. The number of nitrogens with zero attached hydrogens (tertiary/aromatic N) is 2. The zero-order valence-electron chi connectivity index (χ0n) is 14.8. The zero-order valence-corrected chi connectivity index (χ0v) is 14.8. The Morgan fingerprint density at radius 1 is 1.24 bits per heavy atom. The molecule has 2 heterocycles. The molecule has 2 aromatic rings. The maximum Gasteiger partial charge on any atom is 0.251 e. The van der Waals surface area contributed by atoms with Gasteiger partial charge >= 0.3 is 0 Å². The number of hydrogen-bond donors (Lipinski definition) is 1. The number of anilines is 1. The maximum atomic E-state index is 12.9. The van der Waals surface area contributed by atoms with E-state index in [1.54, 1.807) is 6.20 Å². The van der Waals surface area contributed by atoms with Gasteiger partial charge in [-0.3, -0.25) is 9.78 Å². The maximum absolute atomic E-state index is 12.9. The molecule has 132 valence electrons. The summed E-state index contributed by atoms with van der Waals surface area (Å²) < 4.78 is 5.48. The topological polar surface area (TPSA) is 54.5 Å². The predicted octanol–water partition coefficient (Wildman–Crippen LogP) is 3.05. The van der Waals surface area contributed by atoms with E-state index in [0.717, 1.165) is 37.3 Å². The van der Waals surface area contributed by atoms with Gasteiger partial charge in [0.25, 0.3) is 5.91 Å². The second kappa shape index (κ2) is 8.12. The van der Waals surface area contributed by atoms with Crippen LogP contribution >= 0.6 is 0 Å². The summed E-state index contributed by atoms with van der Waals surface area (Å²) in [5.41, 5.74) is 2.73. The number of benzene rings is 1. The van der Waals surface area contributed by atoms with Gasteiger partial charge in [-0.2, -0.15) is 0 Å². The van der Waals surface area contributed by atoms with Crippen molar-refractivity contribution in [2.75, 3.05) is 32.2 Å². The minimum Gasteiger partial charge on any atom is -0.381 e. The van der Waals surface area contributed by atoms with Crippen molar-refractivity contribution in [3.05, 3.63) is 59.9 Å². The number of rotatable bonds is 5. The molecule has 0 saturated carbocycles. The van der Waals surface area contributed by atoms with Crippen molar-refractivity contribution in [2.24, 2.45) is 5.92 Å². The average molecular weight is 339 g/mol. The molecule has 0 radical (unpaired) electrons. The Balaban J connectivity index is 1.82. The fraction of sp³-hybridized carbons (Fsp3) is 0.400. The first-order valence-electron chi connectivity index (χ1n) is 8.71. The van der Waals surface area contributed by atoms with Gasteiger partial charge in [0.1, 0.15) is 0 Å². The molecule has 1 N–H and O–H groups in total. The molecular weight excluding hydrogens is 314 g/mol. The third-order valence-corrected chi connectivity index (χ3v) is 4.69. The van der Waals surface area contributed by atoms with E-state index in [9.17, 15) is 4.79 Å². The number of pyridine rings is 1. The number of nitrogens with one attached hydrogen (secondary N) is 1. The number of carbonyl (C=O) groups is 1. The lowest BCUT2D eigenvalue weighted by molar-refractivity contribution is 0.0513. The highest BCUT2D eigenvalue weighted by Gasteiger charge is 2.27. The molecule has 0 spiro atoms. The number of hydrogen-bond acceptors (Lipinski definition) is 4. The van der Waals surface area contributed by atoms with Gasteiger partial charge in [0, 0.05) is 51.0 Å². The highest BCUT2D eigenvalue weighted by atomic mass is 16.5. The van der Waals surface area contributed by atoms with Gasteiger partial charge in [0.05, 0.1) is 6.04 Å². The fourth-order valence-electron chi connectivity index (χ4n) is 3.23. The van der Waals surface area contributed by atoms with Gasteiger partial charge in [0.15, 0.2) is 0 Å². The lowest BCUT2D eigenvalue weighted by Gasteiger charge is -2.31. The van der Waals surface area contributed by atoms with Crippen LogP contribution in [0.3, 0.4) is 0 Å². The minimum atomic E-state index is -0.0518. The van der Waals surface area contributed by atoms with Crippen LogP contribution in [-0.4, -0.2) is 38.2 Å². The summed E-state index contributed by atoms with van der Waals surface area (Å²) in [4.78, 5) is 19.1.